The van der Waals surface area contributed by atoms with Crippen molar-refractivity contribution in [2.75, 3.05) is 16.8 Å². The molecule has 130 valence electrons. The maximum absolute atomic E-state index is 12.4. The quantitative estimate of drug-likeness (QED) is 0.833. The Labute approximate surface area is 142 Å². The molecule has 0 aromatic heterocycles. The van der Waals surface area contributed by atoms with E-state index >= 15 is 0 Å². The van der Waals surface area contributed by atoms with Crippen molar-refractivity contribution in [3.63, 3.8) is 0 Å². The van der Waals surface area contributed by atoms with E-state index in [4.69, 9.17) is 0 Å². The van der Waals surface area contributed by atoms with Crippen molar-refractivity contribution < 1.29 is 14.4 Å². The number of benzene rings is 1. The van der Waals surface area contributed by atoms with Crippen molar-refractivity contribution in [2.45, 2.75) is 46.6 Å². The highest BCUT2D eigenvalue weighted by atomic mass is 16.2. The van der Waals surface area contributed by atoms with Crippen LogP contribution in [0.3, 0.4) is 0 Å². The summed E-state index contributed by atoms with van der Waals surface area (Å²) in [4.78, 5) is 37.8. The van der Waals surface area contributed by atoms with Gasteiger partial charge in [-0.3, -0.25) is 14.4 Å². The highest BCUT2D eigenvalue weighted by Crippen LogP contribution is 2.31. The number of rotatable bonds is 3. The summed E-state index contributed by atoms with van der Waals surface area (Å²) in [5.74, 6) is -1.40. The summed E-state index contributed by atoms with van der Waals surface area (Å²) in [5, 5.41) is 5.15. The summed E-state index contributed by atoms with van der Waals surface area (Å²) in [7, 11) is 0. The number of nitrogens with zero attached hydrogens (tertiary/aromatic N) is 1. The Morgan fingerprint density at radius 2 is 1.79 bits per heavy atom. The van der Waals surface area contributed by atoms with E-state index in [9.17, 15) is 14.4 Å². The minimum atomic E-state index is -0.707. The molecular weight excluding hydrogens is 306 g/mol. The fraction of sp³-hybridized carbons (Fsp3) is 0.500. The van der Waals surface area contributed by atoms with E-state index in [2.05, 4.69) is 10.6 Å². The van der Waals surface area contributed by atoms with Gasteiger partial charge in [-0.1, -0.05) is 19.9 Å². The van der Waals surface area contributed by atoms with Gasteiger partial charge in [0.2, 0.25) is 5.91 Å². The minimum Gasteiger partial charge on any atom is -0.346 e. The van der Waals surface area contributed by atoms with Gasteiger partial charge in [0.1, 0.15) is 0 Å². The second-order valence-corrected chi connectivity index (χ2v) is 6.67. The first-order chi connectivity index (χ1) is 11.3. The molecule has 2 N–H and O–H groups in total. The molecule has 0 saturated heterocycles. The molecule has 0 fully saturated rings. The fourth-order valence-electron chi connectivity index (χ4n) is 2.71. The Balaban J connectivity index is 2.20. The molecule has 1 aromatic rings. The number of fused-ring (bicyclic) bond motifs is 1. The highest BCUT2D eigenvalue weighted by molar-refractivity contribution is 6.39. The summed E-state index contributed by atoms with van der Waals surface area (Å²) in [6, 6.07) is 5.34. The molecule has 6 heteroatoms. The predicted octanol–water partition coefficient (Wildman–Crippen LogP) is 2.08. The van der Waals surface area contributed by atoms with Gasteiger partial charge in [-0.15, -0.1) is 0 Å². The van der Waals surface area contributed by atoms with Crippen molar-refractivity contribution in [1.29, 1.82) is 0 Å². The zero-order valence-electron chi connectivity index (χ0n) is 14.7. The van der Waals surface area contributed by atoms with Crippen LogP contribution in [0.1, 0.15) is 39.7 Å². The number of amides is 3. The number of hydrogen-bond donors (Lipinski definition) is 2. The zero-order valence-corrected chi connectivity index (χ0v) is 14.7. The maximum atomic E-state index is 12.4. The monoisotopic (exact) mass is 331 g/mol. The van der Waals surface area contributed by atoms with Crippen LogP contribution in [-0.2, 0) is 20.8 Å². The number of carbonyl (C=O) groups excluding carboxylic acids is 3. The van der Waals surface area contributed by atoms with Gasteiger partial charge in [0.25, 0.3) is 0 Å². The van der Waals surface area contributed by atoms with Crippen LogP contribution in [0.15, 0.2) is 18.2 Å². The second-order valence-electron chi connectivity index (χ2n) is 6.67. The van der Waals surface area contributed by atoms with Crippen molar-refractivity contribution >= 4 is 29.1 Å². The smallest absolute Gasteiger partial charge is 0.313 e. The Morgan fingerprint density at radius 3 is 2.42 bits per heavy atom. The average Bonchev–Trinajstić information content (AvgIpc) is 2.52. The SMILES string of the molecule is CC(C)NC(=O)C(=O)Nc1ccc2c(c1)N(C(=O)C(C)C)CCC2. The normalized spacial score (nSPS) is 13.7. The highest BCUT2D eigenvalue weighted by Gasteiger charge is 2.25. The largest absolute Gasteiger partial charge is 0.346 e. The van der Waals surface area contributed by atoms with Crippen molar-refractivity contribution in [3.8, 4) is 0 Å². The zero-order chi connectivity index (χ0) is 17.9. The molecule has 0 spiro atoms. The maximum Gasteiger partial charge on any atom is 0.313 e. The summed E-state index contributed by atoms with van der Waals surface area (Å²) in [6.07, 6.45) is 1.83. The first-order valence-electron chi connectivity index (χ1n) is 8.35. The van der Waals surface area contributed by atoms with Gasteiger partial charge in [-0.25, -0.2) is 0 Å². The van der Waals surface area contributed by atoms with Crippen LogP contribution in [0.2, 0.25) is 0 Å². The Bertz CT molecular complexity index is 653. The Hall–Kier alpha value is -2.37. The predicted molar refractivity (Wildman–Crippen MR) is 93.9 cm³/mol. The van der Waals surface area contributed by atoms with E-state index in [0.717, 1.165) is 24.1 Å². The molecular formula is C18H25N3O3. The third-order valence-electron chi connectivity index (χ3n) is 3.85. The molecule has 0 radical (unpaired) electrons. The van der Waals surface area contributed by atoms with Gasteiger partial charge in [0.15, 0.2) is 0 Å². The van der Waals surface area contributed by atoms with E-state index in [1.54, 1.807) is 30.9 Å². The number of nitrogens with one attached hydrogen (secondary N) is 2. The minimum absolute atomic E-state index is 0.0666. The van der Waals surface area contributed by atoms with Crippen LogP contribution in [0.4, 0.5) is 11.4 Å². The summed E-state index contributed by atoms with van der Waals surface area (Å²) in [5.41, 5.74) is 2.42. The van der Waals surface area contributed by atoms with Crippen molar-refractivity contribution in [1.82, 2.24) is 5.32 Å². The second kappa shape index (κ2) is 7.47. The number of carbonyl (C=O) groups is 3. The Kier molecular flexibility index (Phi) is 5.59. The van der Waals surface area contributed by atoms with E-state index in [1.165, 1.54) is 0 Å². The number of anilines is 2. The average molecular weight is 331 g/mol. The number of aryl methyl sites for hydroxylation is 1. The lowest BCUT2D eigenvalue weighted by molar-refractivity contribution is -0.136. The lowest BCUT2D eigenvalue weighted by Gasteiger charge is -2.31. The third kappa shape index (κ3) is 4.13. The summed E-state index contributed by atoms with van der Waals surface area (Å²) >= 11 is 0. The fourth-order valence-corrected chi connectivity index (χ4v) is 2.71. The molecule has 0 unspecified atom stereocenters. The van der Waals surface area contributed by atoms with Crippen LogP contribution in [0, 0.1) is 5.92 Å². The van der Waals surface area contributed by atoms with Gasteiger partial charge < -0.3 is 15.5 Å². The Morgan fingerprint density at radius 1 is 1.08 bits per heavy atom. The molecule has 2 rings (SSSR count). The van der Waals surface area contributed by atoms with Gasteiger partial charge >= 0.3 is 11.8 Å². The van der Waals surface area contributed by atoms with Crippen LogP contribution < -0.4 is 15.5 Å². The van der Waals surface area contributed by atoms with E-state index in [0.29, 0.717) is 12.2 Å². The van der Waals surface area contributed by atoms with Crippen LogP contribution >= 0.6 is 0 Å². The molecule has 1 aliphatic rings. The van der Waals surface area contributed by atoms with Gasteiger partial charge in [-0.2, -0.15) is 0 Å². The van der Waals surface area contributed by atoms with Crippen LogP contribution in [-0.4, -0.2) is 30.3 Å². The standard InChI is InChI=1S/C18H25N3O3/c1-11(2)18(24)21-9-5-6-13-7-8-14(10-15(13)21)20-17(23)16(22)19-12(3)4/h7-8,10-12H,5-6,9H2,1-4H3,(H,19,22)(H,20,23). The summed E-state index contributed by atoms with van der Waals surface area (Å²) in [6.45, 7) is 8.01. The van der Waals surface area contributed by atoms with Crippen LogP contribution in [0.5, 0.6) is 0 Å². The lowest BCUT2D eigenvalue weighted by atomic mass is 9.99. The summed E-state index contributed by atoms with van der Waals surface area (Å²) < 4.78 is 0. The topological polar surface area (TPSA) is 78.5 Å². The number of hydrogen-bond acceptors (Lipinski definition) is 3. The van der Waals surface area contributed by atoms with Crippen molar-refractivity contribution in [3.05, 3.63) is 23.8 Å². The van der Waals surface area contributed by atoms with E-state index in [1.807, 2.05) is 19.9 Å². The van der Waals surface area contributed by atoms with Crippen LogP contribution in [0.25, 0.3) is 0 Å². The van der Waals surface area contributed by atoms with E-state index in [-0.39, 0.29) is 17.9 Å². The molecule has 1 aromatic carbocycles. The first kappa shape index (κ1) is 18.0. The molecule has 0 aliphatic carbocycles. The van der Waals surface area contributed by atoms with Gasteiger partial charge in [0.05, 0.1) is 0 Å². The third-order valence-corrected chi connectivity index (χ3v) is 3.85. The van der Waals surface area contributed by atoms with Gasteiger partial charge in [0, 0.05) is 29.9 Å². The molecule has 6 nitrogen and oxygen atoms in total. The molecule has 0 atom stereocenters. The molecule has 1 heterocycles. The molecule has 0 bridgehead atoms. The van der Waals surface area contributed by atoms with E-state index < -0.39 is 11.8 Å². The van der Waals surface area contributed by atoms with Crippen molar-refractivity contribution in [2.24, 2.45) is 5.92 Å². The molecule has 0 saturated carbocycles. The van der Waals surface area contributed by atoms with Gasteiger partial charge in [-0.05, 0) is 44.4 Å². The first-order valence-corrected chi connectivity index (χ1v) is 8.35. The molecule has 24 heavy (non-hydrogen) atoms. The lowest BCUT2D eigenvalue weighted by Crippen LogP contribution is -2.39. The molecule has 1 aliphatic heterocycles. The molecule has 3 amide bonds.